The lowest BCUT2D eigenvalue weighted by Gasteiger charge is -2.26. The molecular formula is C17H23N7O2. The molecular weight excluding hydrogens is 334 g/mol. The van der Waals surface area contributed by atoms with Gasteiger partial charge in [0.2, 0.25) is 17.8 Å². The minimum Gasteiger partial charge on any atom is -0.393 e. The summed E-state index contributed by atoms with van der Waals surface area (Å²) in [5, 5.41) is 25.2. The van der Waals surface area contributed by atoms with Gasteiger partial charge < -0.3 is 20.4 Å². The highest BCUT2D eigenvalue weighted by Crippen LogP contribution is 2.20. The Hall–Kier alpha value is -2.78. The largest absolute Gasteiger partial charge is 0.393 e. The van der Waals surface area contributed by atoms with Gasteiger partial charge in [0, 0.05) is 18.8 Å². The van der Waals surface area contributed by atoms with Crippen LogP contribution in [0.5, 0.6) is 0 Å². The molecule has 1 saturated heterocycles. The van der Waals surface area contributed by atoms with Crippen molar-refractivity contribution in [2.45, 2.75) is 25.4 Å². The van der Waals surface area contributed by atoms with E-state index in [0.717, 1.165) is 31.6 Å². The minimum atomic E-state index is -1.03. The zero-order valence-corrected chi connectivity index (χ0v) is 14.4. The summed E-state index contributed by atoms with van der Waals surface area (Å²) in [5.41, 5.74) is 3.55. The van der Waals surface area contributed by atoms with Gasteiger partial charge in [-0.05, 0) is 31.4 Å². The molecule has 0 spiro atoms. The number of piperidine rings is 1. The number of aliphatic hydroxyl groups is 2. The van der Waals surface area contributed by atoms with Crippen LogP contribution in [0.4, 0.5) is 23.5 Å². The Labute approximate surface area is 151 Å². The molecule has 9 nitrogen and oxygen atoms in total. The maximum Gasteiger partial charge on any atom is 0.250 e. The van der Waals surface area contributed by atoms with Crippen LogP contribution in [0.1, 0.15) is 19.3 Å². The fourth-order valence-corrected chi connectivity index (χ4v) is 2.58. The number of aromatic nitrogens is 3. The Morgan fingerprint density at radius 2 is 1.81 bits per heavy atom. The van der Waals surface area contributed by atoms with E-state index < -0.39 is 12.7 Å². The van der Waals surface area contributed by atoms with Crippen LogP contribution in [-0.4, -0.2) is 57.2 Å². The standard InChI is InChI=1S/C17H23N7O2/c25-12-14(26)11-18-23-16-20-15(19-13-7-3-1-4-8-13)21-17(22-16)24-9-5-2-6-10-24/h1,3-4,7-8,11,14,25-26H,2,5-6,9-10,12H2,(H2,19,20,21,22,23)/b18-11+. The van der Waals surface area contributed by atoms with Gasteiger partial charge in [-0.3, -0.25) is 0 Å². The number of hydrazone groups is 1. The maximum absolute atomic E-state index is 9.33. The van der Waals surface area contributed by atoms with Crippen molar-refractivity contribution in [2.24, 2.45) is 5.10 Å². The van der Waals surface area contributed by atoms with E-state index in [2.05, 4.69) is 35.7 Å². The zero-order valence-electron chi connectivity index (χ0n) is 14.4. The van der Waals surface area contributed by atoms with E-state index in [4.69, 9.17) is 5.11 Å². The molecule has 1 unspecified atom stereocenters. The lowest BCUT2D eigenvalue weighted by Crippen LogP contribution is -2.31. The fourth-order valence-electron chi connectivity index (χ4n) is 2.58. The summed E-state index contributed by atoms with van der Waals surface area (Å²) < 4.78 is 0. The SMILES string of the molecule is OCC(O)/C=N/Nc1nc(Nc2ccccc2)nc(N2CCCCC2)n1. The first kappa shape index (κ1) is 18.0. The molecule has 3 rings (SSSR count). The van der Waals surface area contributed by atoms with Crippen molar-refractivity contribution in [1.82, 2.24) is 15.0 Å². The number of para-hydroxylation sites is 1. The predicted octanol–water partition coefficient (Wildman–Crippen LogP) is 1.36. The third-order valence-electron chi connectivity index (χ3n) is 3.89. The molecule has 0 saturated carbocycles. The second kappa shape index (κ2) is 9.07. The van der Waals surface area contributed by atoms with Crippen molar-refractivity contribution in [1.29, 1.82) is 0 Å². The maximum atomic E-state index is 9.33. The van der Waals surface area contributed by atoms with E-state index in [1.165, 1.54) is 12.6 Å². The van der Waals surface area contributed by atoms with Crippen LogP contribution < -0.4 is 15.6 Å². The first-order chi connectivity index (χ1) is 12.7. The molecule has 1 atom stereocenters. The fraction of sp³-hybridized carbons (Fsp3) is 0.412. The number of hydrogen-bond donors (Lipinski definition) is 4. The lowest BCUT2D eigenvalue weighted by atomic mass is 10.1. The van der Waals surface area contributed by atoms with Crippen LogP contribution in [0.15, 0.2) is 35.4 Å². The molecule has 0 bridgehead atoms. The van der Waals surface area contributed by atoms with Crippen LogP contribution in [0.3, 0.4) is 0 Å². The second-order valence-electron chi connectivity index (χ2n) is 5.96. The quantitative estimate of drug-likeness (QED) is 0.433. The first-order valence-corrected chi connectivity index (χ1v) is 8.66. The molecule has 0 amide bonds. The molecule has 0 aliphatic carbocycles. The van der Waals surface area contributed by atoms with Gasteiger partial charge in [0.25, 0.3) is 0 Å². The van der Waals surface area contributed by atoms with Gasteiger partial charge in [0.05, 0.1) is 12.8 Å². The average molecular weight is 357 g/mol. The highest BCUT2D eigenvalue weighted by atomic mass is 16.3. The zero-order chi connectivity index (χ0) is 18.2. The van der Waals surface area contributed by atoms with Crippen LogP contribution >= 0.6 is 0 Å². The normalized spacial score (nSPS) is 15.8. The molecule has 138 valence electrons. The number of hydrogen-bond acceptors (Lipinski definition) is 9. The molecule has 4 N–H and O–H groups in total. The highest BCUT2D eigenvalue weighted by Gasteiger charge is 2.16. The Morgan fingerprint density at radius 3 is 2.54 bits per heavy atom. The third-order valence-corrected chi connectivity index (χ3v) is 3.89. The minimum absolute atomic E-state index is 0.264. The van der Waals surface area contributed by atoms with Crippen molar-refractivity contribution in [3.63, 3.8) is 0 Å². The number of nitrogens with one attached hydrogen (secondary N) is 2. The molecule has 1 aliphatic rings. The van der Waals surface area contributed by atoms with Gasteiger partial charge in [0.1, 0.15) is 6.10 Å². The molecule has 1 fully saturated rings. The van der Waals surface area contributed by atoms with Crippen LogP contribution in [0.2, 0.25) is 0 Å². The molecule has 2 aromatic rings. The number of benzene rings is 1. The van der Waals surface area contributed by atoms with Gasteiger partial charge in [-0.15, -0.1) is 0 Å². The molecule has 2 heterocycles. The Bertz CT molecular complexity index is 720. The molecule has 1 aromatic carbocycles. The van der Waals surface area contributed by atoms with Crippen molar-refractivity contribution in [2.75, 3.05) is 35.3 Å². The first-order valence-electron chi connectivity index (χ1n) is 8.66. The van der Waals surface area contributed by atoms with E-state index in [1.54, 1.807) is 0 Å². The van der Waals surface area contributed by atoms with Crippen molar-refractivity contribution in [3.8, 4) is 0 Å². The summed E-state index contributed by atoms with van der Waals surface area (Å²) >= 11 is 0. The van der Waals surface area contributed by atoms with Gasteiger partial charge >= 0.3 is 0 Å². The predicted molar refractivity (Wildman–Crippen MR) is 101 cm³/mol. The van der Waals surface area contributed by atoms with Crippen molar-refractivity contribution < 1.29 is 10.2 Å². The Morgan fingerprint density at radius 1 is 1.08 bits per heavy atom. The Balaban J connectivity index is 1.82. The summed E-state index contributed by atoms with van der Waals surface area (Å²) in [6.45, 7) is 1.41. The van der Waals surface area contributed by atoms with E-state index in [9.17, 15) is 5.11 Å². The highest BCUT2D eigenvalue weighted by molar-refractivity contribution is 5.64. The summed E-state index contributed by atoms with van der Waals surface area (Å²) in [5.74, 6) is 1.26. The second-order valence-corrected chi connectivity index (χ2v) is 5.96. The van der Waals surface area contributed by atoms with Gasteiger partial charge in [0.15, 0.2) is 0 Å². The van der Waals surface area contributed by atoms with Crippen molar-refractivity contribution >= 4 is 29.7 Å². The number of aliphatic hydroxyl groups excluding tert-OH is 2. The summed E-state index contributed by atoms with van der Waals surface area (Å²) in [7, 11) is 0. The lowest BCUT2D eigenvalue weighted by molar-refractivity contribution is 0.148. The van der Waals surface area contributed by atoms with Crippen LogP contribution in [0, 0.1) is 0 Å². The van der Waals surface area contributed by atoms with E-state index >= 15 is 0 Å². The third kappa shape index (κ3) is 5.11. The molecule has 0 radical (unpaired) electrons. The topological polar surface area (TPSA) is 119 Å². The number of rotatable bonds is 7. The molecule has 1 aliphatic heterocycles. The van der Waals surface area contributed by atoms with Gasteiger partial charge in [-0.25, -0.2) is 5.43 Å². The van der Waals surface area contributed by atoms with Gasteiger partial charge in [-0.1, -0.05) is 18.2 Å². The summed E-state index contributed by atoms with van der Waals surface area (Å²) in [6.07, 6.45) is 3.58. The number of anilines is 4. The molecule has 1 aromatic heterocycles. The summed E-state index contributed by atoms with van der Waals surface area (Å²) in [4.78, 5) is 15.4. The average Bonchev–Trinajstić information content (AvgIpc) is 2.69. The molecule has 9 heteroatoms. The van der Waals surface area contributed by atoms with E-state index in [-0.39, 0.29) is 5.95 Å². The van der Waals surface area contributed by atoms with Crippen LogP contribution in [0.25, 0.3) is 0 Å². The smallest absolute Gasteiger partial charge is 0.250 e. The van der Waals surface area contributed by atoms with E-state index in [1.807, 2.05) is 30.3 Å². The molecule has 26 heavy (non-hydrogen) atoms. The monoisotopic (exact) mass is 357 g/mol. The van der Waals surface area contributed by atoms with Gasteiger partial charge in [-0.2, -0.15) is 20.1 Å². The summed E-state index contributed by atoms with van der Waals surface area (Å²) in [6, 6.07) is 9.63. The van der Waals surface area contributed by atoms with Crippen molar-refractivity contribution in [3.05, 3.63) is 30.3 Å². The number of nitrogens with zero attached hydrogens (tertiary/aromatic N) is 5. The van der Waals surface area contributed by atoms with Crippen LogP contribution in [-0.2, 0) is 0 Å². The Kier molecular flexibility index (Phi) is 6.29. The van der Waals surface area contributed by atoms with E-state index in [0.29, 0.717) is 11.9 Å².